The van der Waals surface area contributed by atoms with Gasteiger partial charge in [0.05, 0.1) is 0 Å². The summed E-state index contributed by atoms with van der Waals surface area (Å²) in [6.45, 7) is 6.01. The second kappa shape index (κ2) is 7.91. The van der Waals surface area contributed by atoms with Gasteiger partial charge in [-0.15, -0.1) is 0 Å². The van der Waals surface area contributed by atoms with E-state index in [9.17, 15) is 13.6 Å². The first-order valence-corrected chi connectivity index (χ1v) is 9.17. The highest BCUT2D eigenvalue weighted by molar-refractivity contribution is 5.86. The predicted molar refractivity (Wildman–Crippen MR) is 104 cm³/mol. The highest BCUT2D eigenvalue weighted by Crippen LogP contribution is 2.35. The Hall–Kier alpha value is -2.69. The molecule has 3 nitrogen and oxygen atoms in total. The van der Waals surface area contributed by atoms with Crippen molar-refractivity contribution in [3.8, 4) is 0 Å². The minimum Gasteiger partial charge on any atom is -0.361 e. The molecule has 2 unspecified atom stereocenters. The number of para-hydroxylation sites is 1. The van der Waals surface area contributed by atoms with E-state index in [4.69, 9.17) is 0 Å². The smallest absolute Gasteiger partial charge is 0.221 e. The van der Waals surface area contributed by atoms with Crippen LogP contribution in [0.5, 0.6) is 0 Å². The van der Waals surface area contributed by atoms with Gasteiger partial charge in [-0.25, -0.2) is 8.78 Å². The molecule has 2 aromatic carbocycles. The molecule has 0 aliphatic carbocycles. The van der Waals surface area contributed by atoms with Crippen LogP contribution >= 0.6 is 0 Å². The number of amides is 1. The lowest BCUT2D eigenvalue weighted by Gasteiger charge is -2.21. The van der Waals surface area contributed by atoms with E-state index >= 15 is 0 Å². The predicted octanol–water partition coefficient (Wildman–Crippen LogP) is 5.13. The van der Waals surface area contributed by atoms with Crippen LogP contribution in [0.1, 0.15) is 44.2 Å². The lowest BCUT2D eigenvalue weighted by molar-refractivity contribution is -0.122. The maximum absolute atomic E-state index is 14.6. The Balaban J connectivity index is 2.00. The van der Waals surface area contributed by atoms with E-state index in [2.05, 4.69) is 10.3 Å². The average molecular weight is 370 g/mol. The second-order valence-electron chi connectivity index (χ2n) is 7.31. The Morgan fingerprint density at radius 1 is 1.07 bits per heavy atom. The minimum atomic E-state index is -0.644. The second-order valence-corrected chi connectivity index (χ2v) is 7.31. The van der Waals surface area contributed by atoms with E-state index in [1.807, 2.05) is 45.0 Å². The van der Waals surface area contributed by atoms with E-state index in [-0.39, 0.29) is 18.4 Å². The Bertz CT molecular complexity index is 948. The summed E-state index contributed by atoms with van der Waals surface area (Å²) in [6.07, 6.45) is 1.89. The molecule has 1 amide bonds. The van der Waals surface area contributed by atoms with Crippen LogP contribution in [0.15, 0.2) is 48.7 Å². The standard InChI is InChI=1S/C22H24F2N2O/c1-13(2)14(3)26-22(27)11-18(16-9-8-15(23)10-20(16)24)19-12-25-21-7-5-4-6-17(19)21/h4-10,12-14,18,25H,11H2,1-3H3,(H,26,27). The van der Waals surface area contributed by atoms with Crippen molar-refractivity contribution in [1.82, 2.24) is 10.3 Å². The van der Waals surface area contributed by atoms with Crippen LogP contribution in [0.2, 0.25) is 0 Å². The first-order chi connectivity index (χ1) is 12.9. The van der Waals surface area contributed by atoms with Crippen LogP contribution in [0.25, 0.3) is 10.9 Å². The number of hydrogen-bond donors (Lipinski definition) is 2. The van der Waals surface area contributed by atoms with Crippen LogP contribution in [-0.4, -0.2) is 16.9 Å². The van der Waals surface area contributed by atoms with Gasteiger partial charge in [0.2, 0.25) is 5.91 Å². The number of carbonyl (C=O) groups is 1. The normalized spacial score (nSPS) is 13.7. The summed E-state index contributed by atoms with van der Waals surface area (Å²) < 4.78 is 28.0. The maximum Gasteiger partial charge on any atom is 0.221 e. The van der Waals surface area contributed by atoms with Gasteiger partial charge in [0, 0.05) is 41.5 Å². The number of aromatic amines is 1. The van der Waals surface area contributed by atoms with Gasteiger partial charge < -0.3 is 10.3 Å². The van der Waals surface area contributed by atoms with E-state index in [1.165, 1.54) is 12.1 Å². The highest BCUT2D eigenvalue weighted by atomic mass is 19.1. The Kier molecular flexibility index (Phi) is 5.59. The number of carbonyl (C=O) groups excluding carboxylic acids is 1. The molecular formula is C22H24F2N2O. The topological polar surface area (TPSA) is 44.9 Å². The third-order valence-electron chi connectivity index (χ3n) is 5.11. The van der Waals surface area contributed by atoms with Crippen LogP contribution in [0.4, 0.5) is 8.78 Å². The summed E-state index contributed by atoms with van der Waals surface area (Å²) in [5.74, 6) is -1.65. The number of benzene rings is 2. The fourth-order valence-corrected chi connectivity index (χ4v) is 3.22. The highest BCUT2D eigenvalue weighted by Gasteiger charge is 2.25. The number of H-pyrrole nitrogens is 1. The molecule has 2 N–H and O–H groups in total. The van der Waals surface area contributed by atoms with Crippen molar-refractivity contribution in [3.05, 3.63) is 71.4 Å². The van der Waals surface area contributed by atoms with Gasteiger partial charge >= 0.3 is 0 Å². The average Bonchev–Trinajstić information content (AvgIpc) is 3.04. The molecule has 3 aromatic rings. The van der Waals surface area contributed by atoms with Crippen molar-refractivity contribution in [2.24, 2.45) is 5.92 Å². The molecule has 0 saturated heterocycles. The van der Waals surface area contributed by atoms with Crippen molar-refractivity contribution >= 4 is 16.8 Å². The van der Waals surface area contributed by atoms with E-state index in [0.29, 0.717) is 11.5 Å². The van der Waals surface area contributed by atoms with Crippen molar-refractivity contribution in [1.29, 1.82) is 0 Å². The summed E-state index contributed by atoms with van der Waals surface area (Å²) in [6, 6.07) is 11.2. The molecule has 0 aliphatic heterocycles. The third kappa shape index (κ3) is 4.18. The molecule has 0 bridgehead atoms. The zero-order valence-electron chi connectivity index (χ0n) is 15.7. The zero-order chi connectivity index (χ0) is 19.6. The monoisotopic (exact) mass is 370 g/mol. The van der Waals surface area contributed by atoms with Gasteiger partial charge in [-0.05, 0) is 36.1 Å². The molecule has 2 atom stereocenters. The summed E-state index contributed by atoms with van der Waals surface area (Å²) in [5, 5.41) is 3.90. The lowest BCUT2D eigenvalue weighted by atomic mass is 9.87. The Morgan fingerprint density at radius 2 is 1.81 bits per heavy atom. The number of halogens is 2. The molecule has 0 saturated carbocycles. The Morgan fingerprint density at radius 3 is 2.52 bits per heavy atom. The first-order valence-electron chi connectivity index (χ1n) is 9.17. The van der Waals surface area contributed by atoms with Crippen LogP contribution < -0.4 is 5.32 Å². The van der Waals surface area contributed by atoms with Gasteiger partial charge in [0.1, 0.15) is 11.6 Å². The quantitative estimate of drug-likeness (QED) is 0.621. The van der Waals surface area contributed by atoms with E-state index in [0.717, 1.165) is 22.5 Å². The molecular weight excluding hydrogens is 346 g/mol. The SMILES string of the molecule is CC(C)C(C)NC(=O)CC(c1ccc(F)cc1F)c1c[nH]c2ccccc12. The molecule has 1 heterocycles. The van der Waals surface area contributed by atoms with Gasteiger partial charge in [-0.3, -0.25) is 4.79 Å². The summed E-state index contributed by atoms with van der Waals surface area (Å²) in [7, 11) is 0. The van der Waals surface area contributed by atoms with Gasteiger partial charge in [0.15, 0.2) is 0 Å². The third-order valence-corrected chi connectivity index (χ3v) is 5.11. The minimum absolute atomic E-state index is 0.0131. The van der Waals surface area contributed by atoms with Crippen molar-refractivity contribution < 1.29 is 13.6 Å². The molecule has 0 spiro atoms. The number of rotatable bonds is 6. The molecule has 0 radical (unpaired) electrons. The Labute approximate surface area is 157 Å². The van der Waals surface area contributed by atoms with Crippen LogP contribution in [0, 0.1) is 17.6 Å². The molecule has 0 aliphatic rings. The summed E-state index contributed by atoms with van der Waals surface area (Å²) >= 11 is 0. The fraction of sp³-hybridized carbons (Fsp3) is 0.318. The molecule has 3 rings (SSSR count). The molecule has 5 heteroatoms. The summed E-state index contributed by atoms with van der Waals surface area (Å²) in [4.78, 5) is 15.8. The number of nitrogens with one attached hydrogen (secondary N) is 2. The van der Waals surface area contributed by atoms with Gasteiger partial charge in [-0.2, -0.15) is 0 Å². The zero-order valence-corrected chi connectivity index (χ0v) is 15.7. The first kappa shape index (κ1) is 19.1. The number of hydrogen-bond acceptors (Lipinski definition) is 1. The van der Waals surface area contributed by atoms with Crippen molar-refractivity contribution in [2.75, 3.05) is 0 Å². The summed E-state index contributed by atoms with van der Waals surface area (Å²) in [5.41, 5.74) is 2.05. The van der Waals surface area contributed by atoms with E-state index in [1.54, 1.807) is 6.20 Å². The van der Waals surface area contributed by atoms with Crippen molar-refractivity contribution in [3.63, 3.8) is 0 Å². The molecule has 1 aromatic heterocycles. The van der Waals surface area contributed by atoms with Crippen LogP contribution in [-0.2, 0) is 4.79 Å². The largest absolute Gasteiger partial charge is 0.361 e. The molecule has 27 heavy (non-hydrogen) atoms. The van der Waals surface area contributed by atoms with Crippen LogP contribution in [0.3, 0.4) is 0 Å². The maximum atomic E-state index is 14.6. The lowest BCUT2D eigenvalue weighted by Crippen LogP contribution is -2.36. The number of aromatic nitrogens is 1. The fourth-order valence-electron chi connectivity index (χ4n) is 3.22. The van der Waals surface area contributed by atoms with Gasteiger partial charge in [0.25, 0.3) is 0 Å². The molecule has 0 fully saturated rings. The molecule has 142 valence electrons. The van der Waals surface area contributed by atoms with Gasteiger partial charge in [-0.1, -0.05) is 38.1 Å². The number of fused-ring (bicyclic) bond motifs is 1. The van der Waals surface area contributed by atoms with Crippen molar-refractivity contribution in [2.45, 2.75) is 39.2 Å². The van der Waals surface area contributed by atoms with E-state index < -0.39 is 17.6 Å².